The van der Waals surface area contributed by atoms with Crippen LogP contribution < -0.4 is 0 Å². The maximum Gasteiger partial charge on any atom is 0.160 e. The van der Waals surface area contributed by atoms with Crippen molar-refractivity contribution in [3.63, 3.8) is 0 Å². The molecule has 0 N–H and O–H groups in total. The molecule has 7 rings (SSSR count). The van der Waals surface area contributed by atoms with Gasteiger partial charge in [-0.05, 0) is 24.3 Å². The summed E-state index contributed by atoms with van der Waals surface area (Å²) in [4.78, 5) is 10.1. The molecule has 0 saturated heterocycles. The molecule has 0 atom stereocenters. The molecular formula is C34H23N3. The standard InChI is InChI=1S/C34H23N3/c1-4-13-24(14-5-1)30-23-31(36-34(35-30)25-15-6-2-7-16-25)29-21-12-20-28-27-19-10-11-22-32(27)37(33(28)29)26-17-8-3-9-18-26/h1-23H. The van der Waals surface area contributed by atoms with Crippen LogP contribution >= 0.6 is 0 Å². The molecule has 0 radical (unpaired) electrons. The first-order valence-electron chi connectivity index (χ1n) is 12.4. The number of nitrogens with zero attached hydrogens (tertiary/aromatic N) is 3. The zero-order chi connectivity index (χ0) is 24.6. The average molecular weight is 474 g/mol. The normalized spacial score (nSPS) is 11.2. The molecule has 0 aliphatic heterocycles. The first-order chi connectivity index (χ1) is 18.4. The maximum atomic E-state index is 5.13. The van der Waals surface area contributed by atoms with Gasteiger partial charge in [-0.25, -0.2) is 9.97 Å². The first-order valence-corrected chi connectivity index (χ1v) is 12.4. The van der Waals surface area contributed by atoms with Crippen molar-refractivity contribution >= 4 is 21.8 Å². The Kier molecular flexibility index (Phi) is 5.11. The Bertz CT molecular complexity index is 1800. The number of rotatable bonds is 4. The molecule has 0 fully saturated rings. The van der Waals surface area contributed by atoms with Gasteiger partial charge in [0.05, 0.1) is 22.4 Å². The van der Waals surface area contributed by atoms with Crippen LogP contribution in [0.15, 0.2) is 140 Å². The predicted octanol–water partition coefficient (Wildman–Crippen LogP) is 8.57. The lowest BCUT2D eigenvalue weighted by Gasteiger charge is -2.13. The quantitative estimate of drug-likeness (QED) is 0.256. The van der Waals surface area contributed by atoms with E-state index in [0.717, 1.165) is 45.1 Å². The lowest BCUT2D eigenvalue weighted by atomic mass is 10.0. The minimum atomic E-state index is 0.719. The van der Waals surface area contributed by atoms with Crippen LogP contribution in [0.2, 0.25) is 0 Å². The van der Waals surface area contributed by atoms with Crippen LogP contribution in [0.1, 0.15) is 0 Å². The van der Waals surface area contributed by atoms with Crippen molar-refractivity contribution in [3.8, 4) is 39.6 Å². The third kappa shape index (κ3) is 3.69. The van der Waals surface area contributed by atoms with E-state index in [-0.39, 0.29) is 0 Å². The van der Waals surface area contributed by atoms with Gasteiger partial charge in [-0.15, -0.1) is 0 Å². The molecule has 2 aromatic heterocycles. The van der Waals surface area contributed by atoms with E-state index in [1.54, 1.807) is 0 Å². The van der Waals surface area contributed by atoms with Gasteiger partial charge in [-0.1, -0.05) is 115 Å². The van der Waals surface area contributed by atoms with Crippen molar-refractivity contribution in [1.82, 2.24) is 14.5 Å². The Morgan fingerprint density at radius 2 is 1.05 bits per heavy atom. The molecular weight excluding hydrogens is 450 g/mol. The second-order valence-electron chi connectivity index (χ2n) is 9.08. The highest BCUT2D eigenvalue weighted by molar-refractivity contribution is 6.13. The number of benzene rings is 5. The second-order valence-corrected chi connectivity index (χ2v) is 9.08. The lowest BCUT2D eigenvalue weighted by Crippen LogP contribution is -1.99. The van der Waals surface area contributed by atoms with Crippen LogP contribution in [0.5, 0.6) is 0 Å². The Balaban J connectivity index is 1.57. The van der Waals surface area contributed by atoms with E-state index < -0.39 is 0 Å². The zero-order valence-corrected chi connectivity index (χ0v) is 20.1. The van der Waals surface area contributed by atoms with E-state index in [0.29, 0.717) is 0 Å². The monoisotopic (exact) mass is 473 g/mol. The first kappa shape index (κ1) is 21.3. The molecule has 0 amide bonds. The van der Waals surface area contributed by atoms with Gasteiger partial charge >= 0.3 is 0 Å². The topological polar surface area (TPSA) is 30.7 Å². The summed E-state index contributed by atoms with van der Waals surface area (Å²) >= 11 is 0. The van der Waals surface area contributed by atoms with E-state index in [1.165, 1.54) is 16.3 Å². The highest BCUT2D eigenvalue weighted by Crippen LogP contribution is 2.38. The molecule has 3 heteroatoms. The van der Waals surface area contributed by atoms with Crippen molar-refractivity contribution < 1.29 is 0 Å². The number of aromatic nitrogens is 3. The average Bonchev–Trinajstić information content (AvgIpc) is 3.33. The summed E-state index contributed by atoms with van der Waals surface area (Å²) in [7, 11) is 0. The van der Waals surface area contributed by atoms with E-state index in [4.69, 9.17) is 9.97 Å². The number of para-hydroxylation sites is 3. The molecule has 0 spiro atoms. The summed E-state index contributed by atoms with van der Waals surface area (Å²) in [6.45, 7) is 0. The van der Waals surface area contributed by atoms with Crippen LogP contribution in [0.25, 0.3) is 61.4 Å². The molecule has 174 valence electrons. The van der Waals surface area contributed by atoms with Gasteiger partial charge in [-0.3, -0.25) is 0 Å². The summed E-state index contributed by atoms with van der Waals surface area (Å²) in [5, 5.41) is 2.43. The summed E-state index contributed by atoms with van der Waals surface area (Å²) in [6, 6.07) is 48.3. The highest BCUT2D eigenvalue weighted by atomic mass is 15.0. The van der Waals surface area contributed by atoms with Gasteiger partial charge in [0.25, 0.3) is 0 Å². The highest BCUT2D eigenvalue weighted by Gasteiger charge is 2.18. The summed E-state index contributed by atoms with van der Waals surface area (Å²) in [6.07, 6.45) is 0. The van der Waals surface area contributed by atoms with Crippen molar-refractivity contribution in [2.45, 2.75) is 0 Å². The molecule has 0 unspecified atom stereocenters. The summed E-state index contributed by atoms with van der Waals surface area (Å²) in [5.74, 6) is 0.719. The maximum absolute atomic E-state index is 5.13. The van der Waals surface area contributed by atoms with Gasteiger partial charge in [-0.2, -0.15) is 0 Å². The molecule has 7 aromatic rings. The van der Waals surface area contributed by atoms with Crippen LogP contribution in [0.4, 0.5) is 0 Å². The molecule has 37 heavy (non-hydrogen) atoms. The molecule has 2 heterocycles. The van der Waals surface area contributed by atoms with E-state index in [9.17, 15) is 0 Å². The number of fused-ring (bicyclic) bond motifs is 3. The Hall–Kier alpha value is -5.02. The van der Waals surface area contributed by atoms with Crippen LogP contribution in [0.3, 0.4) is 0 Å². The van der Waals surface area contributed by atoms with Crippen LogP contribution in [0, 0.1) is 0 Å². The number of hydrogen-bond acceptors (Lipinski definition) is 2. The molecule has 5 aromatic carbocycles. The zero-order valence-electron chi connectivity index (χ0n) is 20.1. The van der Waals surface area contributed by atoms with Gasteiger partial charge in [0, 0.05) is 33.2 Å². The van der Waals surface area contributed by atoms with Gasteiger partial charge < -0.3 is 4.57 Å². The molecule has 0 aliphatic rings. The van der Waals surface area contributed by atoms with Gasteiger partial charge in [0.2, 0.25) is 0 Å². The fourth-order valence-corrected chi connectivity index (χ4v) is 5.13. The van der Waals surface area contributed by atoms with Crippen molar-refractivity contribution in [2.75, 3.05) is 0 Å². The van der Waals surface area contributed by atoms with Crippen molar-refractivity contribution in [2.24, 2.45) is 0 Å². The van der Waals surface area contributed by atoms with Gasteiger partial charge in [0.1, 0.15) is 0 Å². The molecule has 0 saturated carbocycles. The molecule has 3 nitrogen and oxygen atoms in total. The smallest absolute Gasteiger partial charge is 0.160 e. The Labute approximate surface area is 215 Å². The SMILES string of the molecule is c1ccc(-c2cc(-c3cccc4c5ccccc5n(-c5ccccc5)c34)nc(-c3ccccc3)n2)cc1. The predicted molar refractivity (Wildman–Crippen MR) is 153 cm³/mol. The van der Waals surface area contributed by atoms with E-state index in [1.807, 2.05) is 36.4 Å². The Morgan fingerprint density at radius 1 is 0.459 bits per heavy atom. The minimum absolute atomic E-state index is 0.719. The lowest BCUT2D eigenvalue weighted by molar-refractivity contribution is 1.16. The fourth-order valence-electron chi connectivity index (χ4n) is 5.13. The fraction of sp³-hybridized carbons (Fsp3) is 0. The summed E-state index contributed by atoms with van der Waals surface area (Å²) in [5.41, 5.74) is 8.40. The second kappa shape index (κ2) is 8.89. The molecule has 0 bridgehead atoms. The van der Waals surface area contributed by atoms with Crippen LogP contribution in [-0.2, 0) is 0 Å². The third-order valence-corrected chi connectivity index (χ3v) is 6.81. The van der Waals surface area contributed by atoms with Crippen molar-refractivity contribution in [1.29, 1.82) is 0 Å². The van der Waals surface area contributed by atoms with Crippen LogP contribution in [-0.4, -0.2) is 14.5 Å². The largest absolute Gasteiger partial charge is 0.309 e. The van der Waals surface area contributed by atoms with Gasteiger partial charge in [0.15, 0.2) is 5.82 Å². The number of hydrogen-bond donors (Lipinski definition) is 0. The van der Waals surface area contributed by atoms with Crippen molar-refractivity contribution in [3.05, 3.63) is 140 Å². The Morgan fingerprint density at radius 3 is 1.81 bits per heavy atom. The molecule has 0 aliphatic carbocycles. The third-order valence-electron chi connectivity index (χ3n) is 6.81. The van der Waals surface area contributed by atoms with E-state index >= 15 is 0 Å². The minimum Gasteiger partial charge on any atom is -0.309 e. The van der Waals surface area contributed by atoms with E-state index in [2.05, 4.69) is 108 Å². The summed E-state index contributed by atoms with van der Waals surface area (Å²) < 4.78 is 2.35.